The van der Waals surface area contributed by atoms with Crippen molar-refractivity contribution in [3.63, 3.8) is 0 Å². The van der Waals surface area contributed by atoms with Gasteiger partial charge in [0.05, 0.1) is 32.0 Å². The summed E-state index contributed by atoms with van der Waals surface area (Å²) >= 11 is 0. The third-order valence-corrected chi connectivity index (χ3v) is 6.44. The lowest BCUT2D eigenvalue weighted by Gasteiger charge is -2.39. The predicted octanol–water partition coefficient (Wildman–Crippen LogP) is 5.21. The minimum atomic E-state index is -4.81. The third kappa shape index (κ3) is 8.83. The molecule has 0 unspecified atom stereocenters. The number of carbonyl (C=O) groups excluding carboxylic acids is 3. The molecular formula is C30H38F3N3O7. The van der Waals surface area contributed by atoms with Crippen molar-refractivity contribution < 1.29 is 46.5 Å². The second-order valence-corrected chi connectivity index (χ2v) is 11.7. The Morgan fingerprint density at radius 3 is 2.28 bits per heavy atom. The maximum atomic E-state index is 13.8. The third-order valence-electron chi connectivity index (χ3n) is 6.44. The van der Waals surface area contributed by atoms with Gasteiger partial charge in [-0.3, -0.25) is 25.3 Å². The van der Waals surface area contributed by atoms with Gasteiger partial charge in [-0.25, -0.2) is 4.79 Å². The van der Waals surface area contributed by atoms with Gasteiger partial charge in [0.15, 0.2) is 0 Å². The second kappa shape index (κ2) is 13.2. The van der Waals surface area contributed by atoms with Crippen LogP contribution in [0.25, 0.3) is 0 Å². The Morgan fingerprint density at radius 2 is 1.65 bits per heavy atom. The molecule has 0 aliphatic carbocycles. The van der Waals surface area contributed by atoms with Gasteiger partial charge >= 0.3 is 12.3 Å². The first-order valence-corrected chi connectivity index (χ1v) is 13.7. The molecule has 236 valence electrons. The fourth-order valence-electron chi connectivity index (χ4n) is 4.38. The van der Waals surface area contributed by atoms with Crippen molar-refractivity contribution in [3.8, 4) is 5.75 Å². The van der Waals surface area contributed by atoms with E-state index in [-0.39, 0.29) is 25.4 Å². The summed E-state index contributed by atoms with van der Waals surface area (Å²) in [5.74, 6) is -2.28. The number of hydrogen-bond donors (Lipinski definition) is 2. The first-order valence-electron chi connectivity index (χ1n) is 13.7. The van der Waals surface area contributed by atoms with Crippen molar-refractivity contribution >= 4 is 17.9 Å². The molecule has 1 saturated heterocycles. The molecule has 43 heavy (non-hydrogen) atoms. The zero-order valence-corrected chi connectivity index (χ0v) is 25.1. The zero-order chi connectivity index (χ0) is 32.1. The smallest absolute Gasteiger partial charge is 0.419 e. The average molecular weight is 610 g/mol. The van der Waals surface area contributed by atoms with Crippen molar-refractivity contribution in [1.82, 2.24) is 15.8 Å². The molecule has 13 heteroatoms. The Kier molecular flexibility index (Phi) is 10.3. The number of nitrogens with zero attached hydrogens (tertiary/aromatic N) is 1. The number of nitrogens with one attached hydrogen (secondary N) is 2. The van der Waals surface area contributed by atoms with Crippen molar-refractivity contribution in [1.29, 1.82) is 0 Å². The maximum Gasteiger partial charge on any atom is 0.419 e. The first-order chi connectivity index (χ1) is 19.9. The number of benzene rings is 2. The summed E-state index contributed by atoms with van der Waals surface area (Å²) in [6.45, 7) is 9.98. The van der Waals surface area contributed by atoms with E-state index in [0.717, 1.165) is 22.6 Å². The minimum Gasteiger partial charge on any atom is -0.493 e. The van der Waals surface area contributed by atoms with Gasteiger partial charge in [0.1, 0.15) is 22.6 Å². The SMILES string of the molecule is CC(C)(C)OC(=O)N1C(C)(C)OC[C@@]1(C)C(=O)NNC(=O)c1ccc(OCCCOCc2ccccc2)c(C(F)(F)F)c1. The molecule has 1 fully saturated rings. The quantitative estimate of drug-likeness (QED) is 0.296. The Bertz CT molecular complexity index is 1300. The van der Waals surface area contributed by atoms with Crippen molar-refractivity contribution in [2.75, 3.05) is 19.8 Å². The Morgan fingerprint density at radius 1 is 0.977 bits per heavy atom. The number of rotatable bonds is 9. The van der Waals surface area contributed by atoms with Crippen molar-refractivity contribution in [3.05, 3.63) is 65.2 Å². The molecule has 3 amide bonds. The van der Waals surface area contributed by atoms with Crippen LogP contribution >= 0.6 is 0 Å². The van der Waals surface area contributed by atoms with Crippen LogP contribution in [-0.2, 0) is 31.8 Å². The summed E-state index contributed by atoms with van der Waals surface area (Å²) in [7, 11) is 0. The monoisotopic (exact) mass is 609 g/mol. The van der Waals surface area contributed by atoms with E-state index in [2.05, 4.69) is 10.9 Å². The number of hydrazine groups is 1. The molecule has 1 heterocycles. The number of amides is 3. The molecule has 0 spiro atoms. The van der Waals surface area contributed by atoms with Crippen LogP contribution < -0.4 is 15.6 Å². The number of carbonyl (C=O) groups is 3. The van der Waals surface area contributed by atoms with E-state index in [9.17, 15) is 27.6 Å². The predicted molar refractivity (Wildman–Crippen MR) is 150 cm³/mol. The van der Waals surface area contributed by atoms with Crippen LogP contribution in [0, 0.1) is 0 Å². The van der Waals surface area contributed by atoms with Crippen molar-refractivity contribution in [2.24, 2.45) is 0 Å². The molecule has 2 aromatic carbocycles. The van der Waals surface area contributed by atoms with Gasteiger partial charge in [0, 0.05) is 12.0 Å². The van der Waals surface area contributed by atoms with Gasteiger partial charge in [0.2, 0.25) is 0 Å². The fraction of sp³-hybridized carbons (Fsp3) is 0.500. The van der Waals surface area contributed by atoms with Gasteiger partial charge in [-0.05, 0) is 65.3 Å². The van der Waals surface area contributed by atoms with E-state index in [1.807, 2.05) is 30.3 Å². The van der Waals surface area contributed by atoms with Crippen LogP contribution in [0.1, 0.15) is 69.4 Å². The molecule has 1 atom stereocenters. The van der Waals surface area contributed by atoms with Crippen LogP contribution in [0.15, 0.2) is 48.5 Å². The zero-order valence-electron chi connectivity index (χ0n) is 25.1. The summed E-state index contributed by atoms with van der Waals surface area (Å²) in [6.07, 6.45) is -5.28. The molecule has 1 aliphatic heterocycles. The van der Waals surface area contributed by atoms with Gasteiger partial charge in [0.25, 0.3) is 11.8 Å². The Labute approximate surface area is 248 Å². The molecule has 1 aliphatic rings. The molecule has 0 aromatic heterocycles. The van der Waals surface area contributed by atoms with E-state index in [4.69, 9.17) is 18.9 Å². The molecule has 0 bridgehead atoms. The number of hydrogen-bond acceptors (Lipinski definition) is 7. The molecule has 2 N–H and O–H groups in total. The van der Waals surface area contributed by atoms with E-state index in [1.54, 1.807) is 34.6 Å². The highest BCUT2D eigenvalue weighted by atomic mass is 19.4. The summed E-state index contributed by atoms with van der Waals surface area (Å²) in [4.78, 5) is 40.0. The standard InChI is InChI=1S/C30H38F3N3O7/c1-27(2,3)43-26(39)36-28(4,5)42-19-29(36,6)25(38)35-34-24(37)21-13-14-23(22(17-21)30(31,32)33)41-16-10-15-40-18-20-11-8-7-9-12-20/h7-9,11-14,17H,10,15-16,18-19H2,1-6H3,(H,34,37)(H,35,38)/t29-/m0/s1. The Hall–Kier alpha value is -3.84. The van der Waals surface area contributed by atoms with E-state index in [1.165, 1.54) is 6.92 Å². The molecule has 0 saturated carbocycles. The summed E-state index contributed by atoms with van der Waals surface area (Å²) < 4.78 is 63.4. The average Bonchev–Trinajstić information content (AvgIpc) is 3.17. The molecular weight excluding hydrogens is 571 g/mol. The first kappa shape index (κ1) is 33.7. The molecule has 0 radical (unpaired) electrons. The lowest BCUT2D eigenvalue weighted by atomic mass is 10.0. The lowest BCUT2D eigenvalue weighted by molar-refractivity contribution is -0.139. The largest absolute Gasteiger partial charge is 0.493 e. The molecule has 2 aromatic rings. The topological polar surface area (TPSA) is 115 Å². The summed E-state index contributed by atoms with van der Waals surface area (Å²) in [6, 6.07) is 12.3. The summed E-state index contributed by atoms with van der Waals surface area (Å²) in [5.41, 5.74) is 0.0902. The van der Waals surface area contributed by atoms with E-state index in [0.29, 0.717) is 19.1 Å². The van der Waals surface area contributed by atoms with E-state index >= 15 is 0 Å². The number of halogens is 3. The normalized spacial score (nSPS) is 18.2. The Balaban J connectivity index is 1.61. The highest BCUT2D eigenvalue weighted by Crippen LogP contribution is 2.38. The highest BCUT2D eigenvalue weighted by molar-refractivity contribution is 5.97. The van der Waals surface area contributed by atoms with Gasteiger partial charge in [-0.1, -0.05) is 30.3 Å². The van der Waals surface area contributed by atoms with Crippen molar-refractivity contribution in [2.45, 2.75) is 77.6 Å². The molecule has 10 nitrogen and oxygen atoms in total. The van der Waals surface area contributed by atoms with Crippen LogP contribution in [0.3, 0.4) is 0 Å². The van der Waals surface area contributed by atoms with Crippen LogP contribution in [0.5, 0.6) is 5.75 Å². The fourth-order valence-corrected chi connectivity index (χ4v) is 4.38. The molecule has 3 rings (SSSR count). The van der Waals surface area contributed by atoms with Crippen LogP contribution in [-0.4, -0.2) is 59.5 Å². The van der Waals surface area contributed by atoms with Gasteiger partial charge < -0.3 is 18.9 Å². The second-order valence-electron chi connectivity index (χ2n) is 11.7. The number of alkyl halides is 3. The van der Waals surface area contributed by atoms with Crippen LogP contribution in [0.4, 0.5) is 18.0 Å². The lowest BCUT2D eigenvalue weighted by Crippen LogP contribution is -2.63. The van der Waals surface area contributed by atoms with Gasteiger partial charge in [-0.15, -0.1) is 0 Å². The highest BCUT2D eigenvalue weighted by Gasteiger charge is 2.57. The van der Waals surface area contributed by atoms with Gasteiger partial charge in [-0.2, -0.15) is 13.2 Å². The van der Waals surface area contributed by atoms with E-state index < -0.39 is 52.3 Å². The maximum absolute atomic E-state index is 13.8. The number of ether oxygens (including phenoxy) is 4. The summed E-state index contributed by atoms with van der Waals surface area (Å²) in [5, 5.41) is 0. The minimum absolute atomic E-state index is 0.0371. The van der Waals surface area contributed by atoms with Crippen LogP contribution in [0.2, 0.25) is 0 Å².